The van der Waals surface area contributed by atoms with E-state index in [0.29, 0.717) is 11.3 Å². The molecule has 3 aromatic carbocycles. The van der Waals surface area contributed by atoms with Crippen molar-refractivity contribution in [3.63, 3.8) is 0 Å². The standard InChI is InChI=1S/C27H30N2O5S/c30-27(31)17-26(21-8-2-1-3-9-21)29(35(32)33)24-12-5-11-23(16-24)22-10-4-7-20(15-22)18-28-19-25-13-6-14-34-25/h1-5,7-12,15-16,25-26,28H,6,13-14,17-19H2,(H,30,31)(H,32,33). The lowest BCUT2D eigenvalue weighted by Gasteiger charge is -2.29. The Bertz CT molecular complexity index is 1150. The first-order valence-electron chi connectivity index (χ1n) is 11.7. The zero-order valence-corrected chi connectivity index (χ0v) is 20.2. The van der Waals surface area contributed by atoms with E-state index in [4.69, 9.17) is 4.74 Å². The molecule has 3 atom stereocenters. The quantitative estimate of drug-likeness (QED) is 0.332. The fourth-order valence-corrected chi connectivity index (χ4v) is 5.13. The van der Waals surface area contributed by atoms with E-state index in [9.17, 15) is 18.7 Å². The average molecular weight is 495 g/mol. The van der Waals surface area contributed by atoms with Crippen LogP contribution in [0.15, 0.2) is 78.9 Å². The summed E-state index contributed by atoms with van der Waals surface area (Å²) in [6.07, 6.45) is 2.18. The maximum absolute atomic E-state index is 12.5. The number of nitrogens with one attached hydrogen (secondary N) is 1. The second-order valence-corrected chi connectivity index (χ2v) is 9.45. The summed E-state index contributed by atoms with van der Waals surface area (Å²) in [5.74, 6) is -1.05. The van der Waals surface area contributed by atoms with E-state index >= 15 is 0 Å². The van der Waals surface area contributed by atoms with Gasteiger partial charge >= 0.3 is 5.97 Å². The predicted octanol–water partition coefficient (Wildman–Crippen LogP) is 4.78. The van der Waals surface area contributed by atoms with Crippen LogP contribution < -0.4 is 9.62 Å². The van der Waals surface area contributed by atoms with Gasteiger partial charge in [0, 0.05) is 19.7 Å². The monoisotopic (exact) mass is 494 g/mol. The van der Waals surface area contributed by atoms with Crippen LogP contribution in [0, 0.1) is 0 Å². The number of hydrogen-bond acceptors (Lipinski definition) is 4. The number of aliphatic carboxylic acids is 1. The Morgan fingerprint density at radius 3 is 2.49 bits per heavy atom. The molecule has 184 valence electrons. The van der Waals surface area contributed by atoms with Crippen LogP contribution in [0.1, 0.15) is 36.4 Å². The Morgan fingerprint density at radius 2 is 1.80 bits per heavy atom. The molecule has 7 nitrogen and oxygen atoms in total. The summed E-state index contributed by atoms with van der Waals surface area (Å²) in [7, 11) is 0. The van der Waals surface area contributed by atoms with Crippen molar-refractivity contribution in [2.24, 2.45) is 0 Å². The lowest BCUT2D eigenvalue weighted by molar-refractivity contribution is -0.137. The minimum absolute atomic E-state index is 0.281. The molecule has 0 amide bonds. The molecular formula is C27H30N2O5S. The van der Waals surface area contributed by atoms with Crippen molar-refractivity contribution < 1.29 is 23.4 Å². The zero-order chi connectivity index (χ0) is 24.6. The van der Waals surface area contributed by atoms with Crippen molar-refractivity contribution in [3.8, 4) is 11.1 Å². The summed E-state index contributed by atoms with van der Waals surface area (Å²) >= 11 is -2.43. The van der Waals surface area contributed by atoms with Crippen molar-refractivity contribution in [1.82, 2.24) is 5.32 Å². The van der Waals surface area contributed by atoms with E-state index < -0.39 is 23.3 Å². The molecule has 8 heteroatoms. The van der Waals surface area contributed by atoms with Gasteiger partial charge in [0.05, 0.1) is 24.3 Å². The van der Waals surface area contributed by atoms with E-state index in [2.05, 4.69) is 17.4 Å². The third-order valence-corrected chi connectivity index (χ3v) is 6.89. The van der Waals surface area contributed by atoms with Crippen LogP contribution in [0.25, 0.3) is 11.1 Å². The first-order valence-corrected chi connectivity index (χ1v) is 12.8. The summed E-state index contributed by atoms with van der Waals surface area (Å²) < 4.78 is 29.6. The van der Waals surface area contributed by atoms with Gasteiger partial charge in [-0.3, -0.25) is 13.7 Å². The van der Waals surface area contributed by atoms with Crippen LogP contribution in [0.2, 0.25) is 0 Å². The predicted molar refractivity (Wildman–Crippen MR) is 137 cm³/mol. The van der Waals surface area contributed by atoms with Gasteiger partial charge in [0.2, 0.25) is 0 Å². The molecule has 0 spiro atoms. The average Bonchev–Trinajstić information content (AvgIpc) is 3.38. The highest BCUT2D eigenvalue weighted by atomic mass is 32.2. The molecule has 4 rings (SSSR count). The van der Waals surface area contributed by atoms with Crippen LogP contribution in [0.3, 0.4) is 0 Å². The summed E-state index contributed by atoms with van der Waals surface area (Å²) in [6.45, 7) is 2.38. The molecule has 3 N–H and O–H groups in total. The minimum Gasteiger partial charge on any atom is -0.481 e. The van der Waals surface area contributed by atoms with Crippen LogP contribution in [0.4, 0.5) is 5.69 Å². The van der Waals surface area contributed by atoms with Crippen LogP contribution >= 0.6 is 0 Å². The Labute approximate surface area is 208 Å². The number of rotatable bonds is 11. The van der Waals surface area contributed by atoms with E-state index in [-0.39, 0.29) is 12.5 Å². The van der Waals surface area contributed by atoms with Gasteiger partial charge in [-0.1, -0.05) is 60.7 Å². The highest BCUT2D eigenvalue weighted by Gasteiger charge is 2.28. The molecule has 0 saturated carbocycles. The van der Waals surface area contributed by atoms with E-state index in [1.165, 1.54) is 4.31 Å². The van der Waals surface area contributed by atoms with Gasteiger partial charge in [-0.25, -0.2) is 4.21 Å². The Hall–Kier alpha value is -3.04. The number of carboxylic acid groups (broad SMARTS) is 1. The van der Waals surface area contributed by atoms with Gasteiger partial charge in [-0.2, -0.15) is 0 Å². The first-order chi connectivity index (χ1) is 17.0. The molecule has 1 fully saturated rings. The van der Waals surface area contributed by atoms with Crippen molar-refractivity contribution in [1.29, 1.82) is 0 Å². The van der Waals surface area contributed by atoms with Gasteiger partial charge in [0.15, 0.2) is 0 Å². The first kappa shape index (κ1) is 25.1. The number of anilines is 1. The maximum Gasteiger partial charge on any atom is 0.305 e. The molecule has 3 unspecified atom stereocenters. The van der Waals surface area contributed by atoms with Gasteiger partial charge in [0.25, 0.3) is 11.3 Å². The lowest BCUT2D eigenvalue weighted by atomic mass is 10.0. The summed E-state index contributed by atoms with van der Waals surface area (Å²) in [6, 6.07) is 23.6. The Kier molecular flexibility index (Phi) is 8.65. The highest BCUT2D eigenvalue weighted by Crippen LogP contribution is 2.34. The number of carbonyl (C=O) groups is 1. The molecular weight excluding hydrogens is 464 g/mol. The van der Waals surface area contributed by atoms with Gasteiger partial charge in [-0.05, 0) is 53.3 Å². The van der Waals surface area contributed by atoms with Crippen molar-refractivity contribution >= 4 is 22.9 Å². The largest absolute Gasteiger partial charge is 0.481 e. The van der Waals surface area contributed by atoms with Gasteiger partial charge in [0.1, 0.15) is 0 Å². The van der Waals surface area contributed by atoms with Crippen LogP contribution in [-0.4, -0.2) is 39.1 Å². The van der Waals surface area contributed by atoms with Crippen molar-refractivity contribution in [2.75, 3.05) is 17.5 Å². The third-order valence-electron chi connectivity index (χ3n) is 6.09. The topological polar surface area (TPSA) is 99.1 Å². The smallest absolute Gasteiger partial charge is 0.305 e. The highest BCUT2D eigenvalue weighted by molar-refractivity contribution is 7.80. The van der Waals surface area contributed by atoms with Crippen molar-refractivity contribution in [3.05, 3.63) is 90.0 Å². The molecule has 3 aromatic rings. The fraction of sp³-hybridized carbons (Fsp3) is 0.296. The van der Waals surface area contributed by atoms with E-state index in [0.717, 1.165) is 49.2 Å². The van der Waals surface area contributed by atoms with Crippen LogP contribution in [0.5, 0.6) is 0 Å². The summed E-state index contributed by atoms with van der Waals surface area (Å²) in [5, 5.41) is 13.0. The summed E-state index contributed by atoms with van der Waals surface area (Å²) in [5.41, 5.74) is 4.10. The van der Waals surface area contributed by atoms with Crippen molar-refractivity contribution in [2.45, 2.75) is 38.0 Å². The number of hydrogen-bond donors (Lipinski definition) is 3. The molecule has 0 radical (unpaired) electrons. The Morgan fingerprint density at radius 1 is 1.06 bits per heavy atom. The number of benzene rings is 3. The van der Waals surface area contributed by atoms with E-state index in [1.807, 2.05) is 36.4 Å². The molecule has 1 saturated heterocycles. The second kappa shape index (κ2) is 12.1. The molecule has 0 aromatic heterocycles. The maximum atomic E-state index is 12.5. The molecule has 1 aliphatic heterocycles. The lowest BCUT2D eigenvalue weighted by Crippen LogP contribution is -2.32. The molecule has 0 bridgehead atoms. The zero-order valence-electron chi connectivity index (χ0n) is 19.4. The number of ether oxygens (including phenoxy) is 1. The molecule has 35 heavy (non-hydrogen) atoms. The second-order valence-electron chi connectivity index (χ2n) is 8.60. The third kappa shape index (κ3) is 6.76. The Balaban J connectivity index is 1.57. The minimum atomic E-state index is -2.43. The number of carboxylic acids is 1. The molecule has 1 heterocycles. The molecule has 0 aliphatic carbocycles. The van der Waals surface area contributed by atoms with E-state index in [1.54, 1.807) is 30.3 Å². The van der Waals surface area contributed by atoms with Gasteiger partial charge < -0.3 is 15.2 Å². The SMILES string of the molecule is O=C(O)CC(c1ccccc1)N(c1cccc(-c2cccc(CNCC3CCCO3)c2)c1)S(=O)O. The fourth-order valence-electron chi connectivity index (χ4n) is 4.42. The number of nitrogens with zero attached hydrogens (tertiary/aromatic N) is 1. The summed E-state index contributed by atoms with van der Waals surface area (Å²) in [4.78, 5) is 11.6. The molecule has 1 aliphatic rings. The van der Waals surface area contributed by atoms with Gasteiger partial charge in [-0.15, -0.1) is 0 Å². The normalized spacial score (nSPS) is 17.1. The van der Waals surface area contributed by atoms with Crippen LogP contribution in [-0.2, 0) is 27.3 Å².